The molecule has 0 saturated carbocycles. The van der Waals surface area contributed by atoms with Gasteiger partial charge in [-0.25, -0.2) is 4.79 Å². The first-order valence-electron chi connectivity index (χ1n) is 4.81. The number of rotatable bonds is 4. The van der Waals surface area contributed by atoms with Crippen molar-refractivity contribution in [3.63, 3.8) is 0 Å². The van der Waals surface area contributed by atoms with Gasteiger partial charge in [0, 0.05) is 26.9 Å². The summed E-state index contributed by atoms with van der Waals surface area (Å²) < 4.78 is 9.40. The van der Waals surface area contributed by atoms with Crippen molar-refractivity contribution in [1.29, 1.82) is 0 Å². The molecule has 1 aliphatic heterocycles. The normalized spacial score (nSPS) is 15.2. The van der Waals surface area contributed by atoms with E-state index >= 15 is 0 Å². The van der Waals surface area contributed by atoms with Gasteiger partial charge in [0.05, 0.1) is 0 Å². The third-order valence-electron chi connectivity index (χ3n) is 2.03. The average molecular weight is 230 g/mol. The summed E-state index contributed by atoms with van der Waals surface area (Å²) >= 11 is 0. The first kappa shape index (κ1) is 12.3. The highest BCUT2D eigenvalue weighted by Crippen LogP contribution is 2.08. The standard InChI is InChI=1S/C9H14N2O5/c1-7(12)15-5-10-3-4-11(9(10)14)6-16-8(2)13/h3-6H2,1-2H3. The zero-order chi connectivity index (χ0) is 12.1. The van der Waals surface area contributed by atoms with E-state index < -0.39 is 11.9 Å². The minimum Gasteiger partial charge on any atom is -0.444 e. The second-order valence-electron chi connectivity index (χ2n) is 3.34. The maximum atomic E-state index is 11.6. The molecule has 0 bridgehead atoms. The van der Waals surface area contributed by atoms with Gasteiger partial charge >= 0.3 is 18.0 Å². The number of hydrogen-bond donors (Lipinski definition) is 0. The van der Waals surface area contributed by atoms with Gasteiger partial charge in [-0.2, -0.15) is 0 Å². The van der Waals surface area contributed by atoms with Crippen LogP contribution in [0.25, 0.3) is 0 Å². The third-order valence-corrected chi connectivity index (χ3v) is 2.03. The van der Waals surface area contributed by atoms with Crippen LogP contribution in [0.1, 0.15) is 13.8 Å². The van der Waals surface area contributed by atoms with Crippen LogP contribution in [-0.4, -0.2) is 54.3 Å². The lowest BCUT2D eigenvalue weighted by Gasteiger charge is -2.17. The molecular weight excluding hydrogens is 216 g/mol. The smallest absolute Gasteiger partial charge is 0.325 e. The van der Waals surface area contributed by atoms with Gasteiger partial charge in [0.2, 0.25) is 0 Å². The second-order valence-corrected chi connectivity index (χ2v) is 3.34. The Bertz CT molecular complexity index is 276. The van der Waals surface area contributed by atoms with Crippen LogP contribution in [-0.2, 0) is 19.1 Å². The molecule has 0 atom stereocenters. The van der Waals surface area contributed by atoms with Gasteiger partial charge in [0.1, 0.15) is 0 Å². The topological polar surface area (TPSA) is 76.2 Å². The van der Waals surface area contributed by atoms with Gasteiger partial charge in [-0.05, 0) is 0 Å². The van der Waals surface area contributed by atoms with Crippen molar-refractivity contribution in [2.75, 3.05) is 26.6 Å². The molecule has 7 nitrogen and oxygen atoms in total. The summed E-state index contributed by atoms with van der Waals surface area (Å²) in [7, 11) is 0. The first-order chi connectivity index (χ1) is 7.50. The molecule has 7 heteroatoms. The van der Waals surface area contributed by atoms with Crippen LogP contribution in [0.2, 0.25) is 0 Å². The minimum atomic E-state index is -0.439. The number of ether oxygens (including phenoxy) is 2. The maximum absolute atomic E-state index is 11.6. The van der Waals surface area contributed by atoms with Crippen molar-refractivity contribution in [1.82, 2.24) is 9.80 Å². The predicted octanol–water partition coefficient (Wildman–Crippen LogP) is -0.235. The summed E-state index contributed by atoms with van der Waals surface area (Å²) in [5.41, 5.74) is 0. The molecule has 0 unspecified atom stereocenters. The van der Waals surface area contributed by atoms with E-state index in [9.17, 15) is 14.4 Å². The third kappa shape index (κ3) is 3.41. The van der Waals surface area contributed by atoms with Crippen molar-refractivity contribution in [3.05, 3.63) is 0 Å². The molecule has 90 valence electrons. The van der Waals surface area contributed by atoms with Gasteiger partial charge in [-0.15, -0.1) is 0 Å². The molecule has 0 aromatic carbocycles. The molecule has 0 aromatic heterocycles. The monoisotopic (exact) mass is 230 g/mol. The highest BCUT2D eigenvalue weighted by molar-refractivity contribution is 5.77. The Hall–Kier alpha value is -1.79. The lowest BCUT2D eigenvalue weighted by atomic mass is 10.6. The van der Waals surface area contributed by atoms with E-state index in [0.29, 0.717) is 13.1 Å². The number of urea groups is 1. The van der Waals surface area contributed by atoms with Gasteiger partial charge in [-0.1, -0.05) is 0 Å². The average Bonchev–Trinajstić information content (AvgIpc) is 2.53. The maximum Gasteiger partial charge on any atom is 0.325 e. The van der Waals surface area contributed by atoms with Crippen LogP contribution in [0.5, 0.6) is 0 Å². The summed E-state index contributed by atoms with van der Waals surface area (Å²) in [5, 5.41) is 0. The van der Waals surface area contributed by atoms with Crippen LogP contribution in [0.4, 0.5) is 4.79 Å². The molecule has 0 N–H and O–H groups in total. The van der Waals surface area contributed by atoms with Crippen molar-refractivity contribution >= 4 is 18.0 Å². The molecular formula is C9H14N2O5. The highest BCUT2D eigenvalue weighted by Gasteiger charge is 2.29. The van der Waals surface area contributed by atoms with E-state index in [-0.39, 0.29) is 19.5 Å². The Morgan fingerprint density at radius 1 is 1.06 bits per heavy atom. The summed E-state index contributed by atoms with van der Waals surface area (Å²) in [6, 6.07) is -0.303. The quantitative estimate of drug-likeness (QED) is 0.623. The molecule has 16 heavy (non-hydrogen) atoms. The molecule has 0 radical (unpaired) electrons. The number of nitrogens with zero attached hydrogens (tertiary/aromatic N) is 2. The van der Waals surface area contributed by atoms with Crippen LogP contribution in [0.15, 0.2) is 0 Å². The Morgan fingerprint density at radius 2 is 1.44 bits per heavy atom. The van der Waals surface area contributed by atoms with Gasteiger partial charge in [-0.3, -0.25) is 19.4 Å². The lowest BCUT2D eigenvalue weighted by molar-refractivity contribution is -0.144. The zero-order valence-electron chi connectivity index (χ0n) is 9.26. The fraction of sp³-hybridized carbons (Fsp3) is 0.667. The van der Waals surface area contributed by atoms with Gasteiger partial charge < -0.3 is 9.47 Å². The summed E-state index contributed by atoms with van der Waals surface area (Å²) in [5.74, 6) is -0.877. The van der Waals surface area contributed by atoms with E-state index in [1.54, 1.807) is 0 Å². The molecule has 0 aromatic rings. The van der Waals surface area contributed by atoms with Crippen molar-refractivity contribution in [3.8, 4) is 0 Å². The van der Waals surface area contributed by atoms with E-state index in [2.05, 4.69) is 0 Å². The van der Waals surface area contributed by atoms with Crippen molar-refractivity contribution in [2.24, 2.45) is 0 Å². The molecule has 1 heterocycles. The van der Waals surface area contributed by atoms with Crippen molar-refractivity contribution < 1.29 is 23.9 Å². The molecule has 1 saturated heterocycles. The van der Waals surface area contributed by atoms with Crippen LogP contribution in [0, 0.1) is 0 Å². The molecule has 1 rings (SSSR count). The Balaban J connectivity index is 2.35. The largest absolute Gasteiger partial charge is 0.444 e. The predicted molar refractivity (Wildman–Crippen MR) is 52.1 cm³/mol. The number of esters is 2. The number of carbonyl (C=O) groups excluding carboxylic acids is 3. The highest BCUT2D eigenvalue weighted by atomic mass is 16.6. The van der Waals surface area contributed by atoms with Gasteiger partial charge in [0.25, 0.3) is 0 Å². The van der Waals surface area contributed by atoms with E-state index in [0.717, 1.165) is 0 Å². The molecule has 2 amide bonds. The van der Waals surface area contributed by atoms with E-state index in [4.69, 9.17) is 9.47 Å². The Kier molecular flexibility index (Phi) is 4.10. The van der Waals surface area contributed by atoms with E-state index in [1.807, 2.05) is 0 Å². The summed E-state index contributed by atoms with van der Waals surface area (Å²) in [6.07, 6.45) is 0. The van der Waals surface area contributed by atoms with Crippen molar-refractivity contribution in [2.45, 2.75) is 13.8 Å². The molecule has 0 spiro atoms. The van der Waals surface area contributed by atoms with Crippen LogP contribution < -0.4 is 0 Å². The summed E-state index contributed by atoms with van der Waals surface area (Å²) in [4.78, 5) is 35.5. The lowest BCUT2D eigenvalue weighted by Crippen LogP contribution is -2.35. The number of carbonyl (C=O) groups is 3. The van der Waals surface area contributed by atoms with Gasteiger partial charge in [0.15, 0.2) is 13.5 Å². The second kappa shape index (κ2) is 5.34. The zero-order valence-corrected chi connectivity index (χ0v) is 9.26. The molecule has 1 fully saturated rings. The van der Waals surface area contributed by atoms with Crippen LogP contribution in [0.3, 0.4) is 0 Å². The number of amides is 2. The summed E-state index contributed by atoms with van der Waals surface area (Å²) in [6.45, 7) is 3.32. The fourth-order valence-corrected chi connectivity index (χ4v) is 1.21. The molecule has 0 aliphatic carbocycles. The molecule has 1 aliphatic rings. The Morgan fingerprint density at radius 3 is 1.75 bits per heavy atom. The Labute approximate surface area is 92.9 Å². The first-order valence-corrected chi connectivity index (χ1v) is 4.81. The fourth-order valence-electron chi connectivity index (χ4n) is 1.21. The SMILES string of the molecule is CC(=O)OCN1CCN(COC(C)=O)C1=O. The van der Waals surface area contributed by atoms with E-state index in [1.165, 1.54) is 23.6 Å². The minimum absolute atomic E-state index is 0.0647. The van der Waals surface area contributed by atoms with Crippen LogP contribution >= 0.6 is 0 Å². The number of hydrogen-bond acceptors (Lipinski definition) is 5.